The van der Waals surface area contributed by atoms with Crippen molar-refractivity contribution in [3.63, 3.8) is 0 Å². The van der Waals surface area contributed by atoms with Crippen molar-refractivity contribution in [2.24, 2.45) is 17.8 Å². The van der Waals surface area contributed by atoms with Crippen LogP contribution in [0.5, 0.6) is 0 Å². The van der Waals surface area contributed by atoms with Gasteiger partial charge in [-0.15, -0.1) is 0 Å². The van der Waals surface area contributed by atoms with Crippen LogP contribution in [-0.4, -0.2) is 67.7 Å². The van der Waals surface area contributed by atoms with Crippen molar-refractivity contribution in [2.45, 2.75) is 102 Å². The van der Waals surface area contributed by atoms with Crippen molar-refractivity contribution in [1.29, 1.82) is 0 Å². The first-order valence-corrected chi connectivity index (χ1v) is 15.6. The minimum Gasteiger partial charge on any atom is -0.379 e. The predicted molar refractivity (Wildman–Crippen MR) is 149 cm³/mol. The molecular weight excluding hydrogens is 495 g/mol. The van der Waals surface area contributed by atoms with Crippen LogP contribution >= 0.6 is 0 Å². The van der Waals surface area contributed by atoms with Gasteiger partial charge in [0.25, 0.3) is 0 Å². The molecular formula is C32H47FN2O4. The first-order valence-electron chi connectivity index (χ1n) is 15.6. The van der Waals surface area contributed by atoms with E-state index in [1.807, 2.05) is 0 Å². The summed E-state index contributed by atoms with van der Waals surface area (Å²) in [6, 6.07) is 6.30. The third-order valence-corrected chi connectivity index (χ3v) is 9.69. The SMILES string of the molecule is O=C(CC1CCC(OC2CCOC2)CC1)N[C@H]1CC[C@H](CCN2CCC(C(=O)c3ccc(F)cc3)CC2)CC1. The zero-order chi connectivity index (χ0) is 27.0. The second kappa shape index (κ2) is 14.2. The van der Waals surface area contributed by atoms with Gasteiger partial charge in [-0.1, -0.05) is 0 Å². The average Bonchev–Trinajstić information content (AvgIpc) is 3.47. The minimum absolute atomic E-state index is 0.0566. The minimum atomic E-state index is -0.299. The molecule has 2 aliphatic carbocycles. The van der Waals surface area contributed by atoms with Crippen LogP contribution in [0.15, 0.2) is 24.3 Å². The fourth-order valence-corrected chi connectivity index (χ4v) is 7.14. The molecule has 4 fully saturated rings. The molecule has 2 aliphatic heterocycles. The van der Waals surface area contributed by atoms with Gasteiger partial charge in [-0.05, 0) is 133 Å². The number of halogens is 1. The monoisotopic (exact) mass is 542 g/mol. The van der Waals surface area contributed by atoms with Crippen molar-refractivity contribution in [2.75, 3.05) is 32.8 Å². The number of likely N-dealkylation sites (tertiary alicyclic amines) is 1. The first-order chi connectivity index (χ1) is 19.0. The fraction of sp³-hybridized carbons (Fsp3) is 0.750. The summed E-state index contributed by atoms with van der Waals surface area (Å²) >= 11 is 0. The van der Waals surface area contributed by atoms with Gasteiger partial charge in [0, 0.05) is 30.6 Å². The molecule has 0 spiro atoms. The molecule has 4 aliphatic rings. The van der Waals surface area contributed by atoms with Crippen LogP contribution in [0.2, 0.25) is 0 Å². The van der Waals surface area contributed by atoms with Gasteiger partial charge >= 0.3 is 0 Å². The Morgan fingerprint density at radius 3 is 2.23 bits per heavy atom. The predicted octanol–water partition coefficient (Wildman–Crippen LogP) is 5.54. The maximum Gasteiger partial charge on any atom is 0.220 e. The van der Waals surface area contributed by atoms with Gasteiger partial charge in [0.15, 0.2) is 5.78 Å². The Balaban J connectivity index is 0.918. The number of Topliss-reactive ketones (excluding diaryl/α,β-unsaturated/α-hetero) is 1. The summed E-state index contributed by atoms with van der Waals surface area (Å²) in [7, 11) is 0. The number of ether oxygens (including phenoxy) is 2. The number of rotatable bonds is 10. The first kappa shape index (κ1) is 28.7. The quantitative estimate of drug-likeness (QED) is 0.393. The van der Waals surface area contributed by atoms with Gasteiger partial charge < -0.3 is 19.7 Å². The Bertz CT molecular complexity index is 911. The summed E-state index contributed by atoms with van der Waals surface area (Å²) in [4.78, 5) is 28.0. The standard InChI is InChI=1S/C32H47FN2O4/c33-27-7-5-25(6-8-27)32(37)26-14-18-35(19-15-26)17-13-23-1-9-28(10-2-23)34-31(36)21-24-3-11-29(12-4-24)39-30-16-20-38-22-30/h5-8,23-24,26,28-30H,1-4,9-22H2,(H,34,36)/t23-,24?,28-,29?,30?. The Morgan fingerprint density at radius 1 is 0.872 bits per heavy atom. The maximum atomic E-state index is 13.2. The number of carbonyl (C=O) groups is 2. The number of amides is 1. The van der Waals surface area contributed by atoms with Crippen LogP contribution in [0.1, 0.15) is 93.8 Å². The lowest BCUT2D eigenvalue weighted by Crippen LogP contribution is -2.40. The Hall–Kier alpha value is -1.83. The van der Waals surface area contributed by atoms with Crippen LogP contribution in [-0.2, 0) is 14.3 Å². The van der Waals surface area contributed by atoms with Crippen LogP contribution in [0.4, 0.5) is 4.39 Å². The molecule has 2 heterocycles. The molecule has 5 rings (SSSR count). The van der Waals surface area contributed by atoms with Crippen molar-refractivity contribution in [1.82, 2.24) is 10.2 Å². The van der Waals surface area contributed by atoms with Gasteiger partial charge in [-0.25, -0.2) is 4.39 Å². The number of nitrogens with zero attached hydrogens (tertiary/aromatic N) is 1. The van der Waals surface area contributed by atoms with Gasteiger partial charge in [0.1, 0.15) is 5.82 Å². The summed E-state index contributed by atoms with van der Waals surface area (Å²) in [5.41, 5.74) is 0.631. The largest absolute Gasteiger partial charge is 0.379 e. The fourth-order valence-electron chi connectivity index (χ4n) is 7.14. The van der Waals surface area contributed by atoms with Crippen LogP contribution < -0.4 is 5.32 Å². The molecule has 1 aromatic carbocycles. The highest BCUT2D eigenvalue weighted by Gasteiger charge is 2.29. The molecule has 0 aromatic heterocycles. The number of hydrogen-bond acceptors (Lipinski definition) is 5. The molecule has 216 valence electrons. The molecule has 6 nitrogen and oxygen atoms in total. The Kier molecular flexibility index (Phi) is 10.4. The van der Waals surface area contributed by atoms with Gasteiger partial charge in [-0.3, -0.25) is 9.59 Å². The molecule has 1 unspecified atom stereocenters. The van der Waals surface area contributed by atoms with E-state index >= 15 is 0 Å². The third-order valence-electron chi connectivity index (χ3n) is 9.69. The lowest BCUT2D eigenvalue weighted by Gasteiger charge is -2.34. The molecule has 39 heavy (non-hydrogen) atoms. The lowest BCUT2D eigenvalue weighted by molar-refractivity contribution is -0.123. The highest BCUT2D eigenvalue weighted by Crippen LogP contribution is 2.31. The zero-order valence-electron chi connectivity index (χ0n) is 23.5. The van der Waals surface area contributed by atoms with Crippen molar-refractivity contribution in [3.05, 3.63) is 35.6 Å². The van der Waals surface area contributed by atoms with E-state index in [1.54, 1.807) is 12.1 Å². The number of piperidine rings is 1. The van der Waals surface area contributed by atoms with E-state index in [0.29, 0.717) is 30.0 Å². The number of carbonyl (C=O) groups excluding carboxylic acids is 2. The molecule has 0 radical (unpaired) electrons. The molecule has 7 heteroatoms. The lowest BCUT2D eigenvalue weighted by atomic mass is 9.83. The molecule has 1 aromatic rings. The summed E-state index contributed by atoms with van der Waals surface area (Å²) < 4.78 is 24.8. The normalized spacial score (nSPS) is 30.7. The molecule has 1 amide bonds. The van der Waals surface area contributed by atoms with Crippen LogP contribution in [0.25, 0.3) is 0 Å². The number of ketones is 1. The highest BCUT2D eigenvalue weighted by atomic mass is 19.1. The molecule has 2 saturated carbocycles. The number of hydrogen-bond donors (Lipinski definition) is 1. The van der Waals surface area contributed by atoms with Gasteiger partial charge in [0.05, 0.1) is 18.8 Å². The number of nitrogens with one attached hydrogen (secondary N) is 1. The summed E-state index contributed by atoms with van der Waals surface area (Å²) in [6.07, 6.45) is 14.2. The summed E-state index contributed by atoms with van der Waals surface area (Å²) in [5.74, 6) is 1.39. The van der Waals surface area contributed by atoms with E-state index in [9.17, 15) is 14.0 Å². The summed E-state index contributed by atoms with van der Waals surface area (Å²) in [6.45, 7) is 4.59. The van der Waals surface area contributed by atoms with Crippen molar-refractivity contribution >= 4 is 11.7 Å². The van der Waals surface area contributed by atoms with E-state index in [-0.39, 0.29) is 29.5 Å². The van der Waals surface area contributed by atoms with Gasteiger partial charge in [0.2, 0.25) is 5.91 Å². The molecule has 1 N–H and O–H groups in total. The van der Waals surface area contributed by atoms with Crippen molar-refractivity contribution < 1.29 is 23.5 Å². The van der Waals surface area contributed by atoms with Crippen LogP contribution in [0.3, 0.4) is 0 Å². The molecule has 2 saturated heterocycles. The van der Waals surface area contributed by atoms with Gasteiger partial charge in [-0.2, -0.15) is 0 Å². The van der Waals surface area contributed by atoms with E-state index in [1.165, 1.54) is 31.4 Å². The highest BCUT2D eigenvalue weighted by molar-refractivity contribution is 5.97. The van der Waals surface area contributed by atoms with E-state index in [2.05, 4.69) is 10.2 Å². The van der Waals surface area contributed by atoms with Crippen molar-refractivity contribution in [3.8, 4) is 0 Å². The second-order valence-corrected chi connectivity index (χ2v) is 12.5. The number of benzene rings is 1. The van der Waals surface area contributed by atoms with Crippen LogP contribution in [0, 0.1) is 23.6 Å². The summed E-state index contributed by atoms with van der Waals surface area (Å²) in [5, 5.41) is 3.34. The third kappa shape index (κ3) is 8.58. The zero-order valence-corrected chi connectivity index (χ0v) is 23.5. The molecule has 0 bridgehead atoms. The Labute approximate surface area is 233 Å². The van der Waals surface area contributed by atoms with E-state index < -0.39 is 0 Å². The van der Waals surface area contributed by atoms with E-state index in [4.69, 9.17) is 9.47 Å². The Morgan fingerprint density at radius 2 is 1.56 bits per heavy atom. The average molecular weight is 543 g/mol. The second-order valence-electron chi connectivity index (χ2n) is 12.5. The maximum absolute atomic E-state index is 13.2. The van der Waals surface area contributed by atoms with E-state index in [0.717, 1.165) is 96.6 Å². The smallest absolute Gasteiger partial charge is 0.220 e. The molecule has 1 atom stereocenters. The topological polar surface area (TPSA) is 67.9 Å².